The van der Waals surface area contributed by atoms with Crippen LogP contribution in [0.5, 0.6) is 0 Å². The minimum absolute atomic E-state index is 1.28. The van der Waals surface area contributed by atoms with E-state index in [0.29, 0.717) is 0 Å². The summed E-state index contributed by atoms with van der Waals surface area (Å²) in [6.45, 7) is 8.77. The normalized spacial score (nSPS) is 11.1. The highest BCUT2D eigenvalue weighted by atomic mass is 32.1. The molecule has 0 saturated carbocycles. The van der Waals surface area contributed by atoms with Crippen molar-refractivity contribution in [2.24, 2.45) is 0 Å². The van der Waals surface area contributed by atoms with Crippen molar-refractivity contribution in [3.63, 3.8) is 0 Å². The van der Waals surface area contributed by atoms with Gasteiger partial charge in [0.2, 0.25) is 0 Å². The van der Waals surface area contributed by atoms with Gasteiger partial charge < -0.3 is 0 Å². The van der Waals surface area contributed by atoms with E-state index in [9.17, 15) is 0 Å². The molecule has 0 amide bonds. The van der Waals surface area contributed by atoms with Gasteiger partial charge in [0.1, 0.15) is 0 Å². The second-order valence-electron chi connectivity index (χ2n) is 8.50. The maximum absolute atomic E-state index is 2.42. The van der Waals surface area contributed by atoms with Gasteiger partial charge in [0, 0.05) is 20.9 Å². The third kappa shape index (κ3) is 3.85. The van der Waals surface area contributed by atoms with Crippen LogP contribution < -0.4 is 0 Å². The molecule has 2 heteroatoms. The van der Waals surface area contributed by atoms with Crippen LogP contribution in [0.4, 0.5) is 0 Å². The number of hydrogen-bond acceptors (Lipinski definition) is 2. The van der Waals surface area contributed by atoms with Gasteiger partial charge >= 0.3 is 0 Å². The number of rotatable bonds is 4. The van der Waals surface area contributed by atoms with E-state index < -0.39 is 0 Å². The summed E-state index contributed by atoms with van der Waals surface area (Å²) < 4.78 is 0. The number of hydrogen-bond donors (Lipinski definition) is 0. The summed E-state index contributed by atoms with van der Waals surface area (Å²) in [5.41, 5.74) is 13.1. The molecule has 3 aromatic carbocycles. The Kier molecular flexibility index (Phi) is 5.58. The molecule has 0 aliphatic rings. The van der Waals surface area contributed by atoms with Crippen molar-refractivity contribution in [2.75, 3.05) is 0 Å². The third-order valence-corrected chi connectivity index (χ3v) is 8.17. The summed E-state index contributed by atoms with van der Waals surface area (Å²) in [5, 5.41) is 4.34. The molecule has 5 aromatic rings. The van der Waals surface area contributed by atoms with Crippen LogP contribution in [0.15, 0.2) is 83.6 Å². The molecule has 158 valence electrons. The SMILES string of the molecule is Cc1ccc(-c2cc(-c3ccc(C)c(C)c3)c(-c3cccs3)cc2-c2cccs2)cc1C. The smallest absolute Gasteiger partial charge is 0.0349 e. The van der Waals surface area contributed by atoms with Crippen molar-refractivity contribution in [3.05, 3.63) is 106 Å². The van der Waals surface area contributed by atoms with Crippen LogP contribution in [-0.2, 0) is 0 Å². The van der Waals surface area contributed by atoms with Crippen molar-refractivity contribution < 1.29 is 0 Å². The summed E-state index contributed by atoms with van der Waals surface area (Å²) in [4.78, 5) is 2.62. The van der Waals surface area contributed by atoms with E-state index in [2.05, 4.69) is 111 Å². The van der Waals surface area contributed by atoms with Gasteiger partial charge in [-0.2, -0.15) is 0 Å². The highest BCUT2D eigenvalue weighted by Crippen LogP contribution is 2.44. The molecule has 2 heterocycles. The van der Waals surface area contributed by atoms with Gasteiger partial charge in [-0.1, -0.05) is 48.5 Å². The van der Waals surface area contributed by atoms with Crippen LogP contribution in [0, 0.1) is 27.7 Å². The number of aryl methyl sites for hydroxylation is 4. The third-order valence-electron chi connectivity index (χ3n) is 6.37. The molecule has 0 N–H and O–H groups in total. The van der Waals surface area contributed by atoms with Crippen molar-refractivity contribution in [1.82, 2.24) is 0 Å². The lowest BCUT2D eigenvalue weighted by Gasteiger charge is -2.18. The molecule has 2 aromatic heterocycles. The highest BCUT2D eigenvalue weighted by molar-refractivity contribution is 7.14. The fraction of sp³-hybridized carbons (Fsp3) is 0.133. The van der Waals surface area contributed by atoms with E-state index in [1.165, 1.54) is 65.4 Å². The molecule has 0 fully saturated rings. The zero-order valence-corrected chi connectivity index (χ0v) is 20.5. The molecule has 0 atom stereocenters. The summed E-state index contributed by atoms with van der Waals surface area (Å²) in [5.74, 6) is 0. The molecule has 0 aliphatic heterocycles. The second kappa shape index (κ2) is 8.54. The van der Waals surface area contributed by atoms with Gasteiger partial charge in [0.05, 0.1) is 0 Å². The Morgan fingerprint density at radius 3 is 1.25 bits per heavy atom. The lowest BCUT2D eigenvalue weighted by atomic mass is 9.88. The van der Waals surface area contributed by atoms with E-state index in [0.717, 1.165) is 0 Å². The van der Waals surface area contributed by atoms with Crippen LogP contribution >= 0.6 is 22.7 Å². The summed E-state index contributed by atoms with van der Waals surface area (Å²) in [6.07, 6.45) is 0. The maximum Gasteiger partial charge on any atom is 0.0349 e. The fourth-order valence-corrected chi connectivity index (χ4v) is 5.68. The first-order chi connectivity index (χ1) is 15.5. The lowest BCUT2D eigenvalue weighted by molar-refractivity contribution is 1.34. The molecular formula is C30H26S2. The van der Waals surface area contributed by atoms with Gasteiger partial charge in [-0.25, -0.2) is 0 Å². The van der Waals surface area contributed by atoms with Crippen molar-refractivity contribution in [2.45, 2.75) is 27.7 Å². The second-order valence-corrected chi connectivity index (χ2v) is 10.4. The summed E-state index contributed by atoms with van der Waals surface area (Å²) in [7, 11) is 0. The fourth-order valence-electron chi connectivity index (χ4n) is 4.17. The van der Waals surface area contributed by atoms with E-state index >= 15 is 0 Å². The lowest BCUT2D eigenvalue weighted by Crippen LogP contribution is -1.92. The van der Waals surface area contributed by atoms with Gasteiger partial charge in [-0.05, 0) is 107 Å². The van der Waals surface area contributed by atoms with Crippen LogP contribution in [0.2, 0.25) is 0 Å². The average Bonchev–Trinajstić information content (AvgIpc) is 3.51. The topological polar surface area (TPSA) is 0 Å². The van der Waals surface area contributed by atoms with Crippen LogP contribution in [0.1, 0.15) is 22.3 Å². The molecular weight excluding hydrogens is 424 g/mol. The first-order valence-electron chi connectivity index (χ1n) is 10.9. The number of thiophene rings is 2. The predicted octanol–water partition coefficient (Wildman–Crippen LogP) is 9.71. The first-order valence-corrected chi connectivity index (χ1v) is 12.7. The Balaban J connectivity index is 1.84. The Morgan fingerprint density at radius 1 is 0.438 bits per heavy atom. The van der Waals surface area contributed by atoms with Gasteiger partial charge in [-0.3, -0.25) is 0 Å². The highest BCUT2D eigenvalue weighted by Gasteiger charge is 2.17. The van der Waals surface area contributed by atoms with Crippen LogP contribution in [0.25, 0.3) is 43.1 Å². The summed E-state index contributed by atoms with van der Waals surface area (Å²) >= 11 is 3.62. The zero-order chi connectivity index (χ0) is 22.2. The minimum atomic E-state index is 1.28. The molecule has 0 nitrogen and oxygen atoms in total. The van der Waals surface area contributed by atoms with E-state index in [1.54, 1.807) is 0 Å². The van der Waals surface area contributed by atoms with E-state index in [-0.39, 0.29) is 0 Å². The van der Waals surface area contributed by atoms with Crippen molar-refractivity contribution in [1.29, 1.82) is 0 Å². The Labute approximate surface area is 198 Å². The van der Waals surface area contributed by atoms with Crippen molar-refractivity contribution >= 4 is 22.7 Å². The average molecular weight is 451 g/mol. The van der Waals surface area contributed by atoms with Crippen LogP contribution in [0.3, 0.4) is 0 Å². The van der Waals surface area contributed by atoms with Crippen molar-refractivity contribution in [3.8, 4) is 43.1 Å². The monoisotopic (exact) mass is 450 g/mol. The molecule has 5 rings (SSSR count). The van der Waals surface area contributed by atoms with E-state index in [1.807, 2.05) is 22.7 Å². The number of benzene rings is 3. The quantitative estimate of drug-likeness (QED) is 0.255. The largest absolute Gasteiger partial charge is 0.144 e. The molecule has 0 radical (unpaired) electrons. The molecule has 0 spiro atoms. The molecule has 0 bridgehead atoms. The van der Waals surface area contributed by atoms with Gasteiger partial charge in [-0.15, -0.1) is 22.7 Å². The Morgan fingerprint density at radius 2 is 0.875 bits per heavy atom. The Hall–Kier alpha value is -2.94. The molecule has 0 saturated heterocycles. The Bertz CT molecular complexity index is 1280. The van der Waals surface area contributed by atoms with Gasteiger partial charge in [0.25, 0.3) is 0 Å². The van der Waals surface area contributed by atoms with Crippen LogP contribution in [-0.4, -0.2) is 0 Å². The first kappa shape index (κ1) is 20.9. The minimum Gasteiger partial charge on any atom is -0.144 e. The molecule has 32 heavy (non-hydrogen) atoms. The standard InChI is InChI=1S/C30H26S2/c1-19-9-11-23(15-21(19)3)25-17-26(24-12-10-20(2)22(4)16-24)28(30-8-6-14-32-30)18-27(25)29-7-5-13-31-29/h5-18H,1-4H3. The summed E-state index contributed by atoms with van der Waals surface area (Å²) in [6, 6.07) is 27.3. The zero-order valence-electron chi connectivity index (χ0n) is 18.9. The molecule has 0 unspecified atom stereocenters. The van der Waals surface area contributed by atoms with E-state index in [4.69, 9.17) is 0 Å². The van der Waals surface area contributed by atoms with Gasteiger partial charge in [0.15, 0.2) is 0 Å². The predicted molar refractivity (Wildman–Crippen MR) is 143 cm³/mol. The maximum atomic E-state index is 2.42. The molecule has 0 aliphatic carbocycles.